The Labute approximate surface area is 201 Å². The minimum atomic E-state index is -0.772. The Kier molecular flexibility index (Phi) is 8.79. The van der Waals surface area contributed by atoms with Crippen LogP contribution in [0.15, 0.2) is 47.4 Å². The average Bonchev–Trinajstić information content (AvgIpc) is 2.95. The first-order chi connectivity index (χ1) is 15.4. The Morgan fingerprint density at radius 1 is 1.25 bits per heavy atom. The lowest BCUT2D eigenvalue weighted by Gasteiger charge is -2.37. The summed E-state index contributed by atoms with van der Waals surface area (Å²) in [5.74, 6) is 0.0148. The first kappa shape index (κ1) is 24.8. The predicted molar refractivity (Wildman–Crippen MR) is 140 cm³/mol. The molecule has 1 aliphatic heterocycles. The number of nitrogens with one attached hydrogen (secondary N) is 1. The third-order valence-corrected chi connectivity index (χ3v) is 8.06. The smallest absolute Gasteiger partial charge is 0.313 e. The predicted octanol–water partition coefficient (Wildman–Crippen LogP) is 6.16. The van der Waals surface area contributed by atoms with Crippen molar-refractivity contribution in [3.05, 3.63) is 48.0 Å². The topological polar surface area (TPSA) is 55.8 Å². The van der Waals surface area contributed by atoms with Crippen molar-refractivity contribution in [1.82, 2.24) is 4.72 Å². The molecule has 2 aromatic rings. The van der Waals surface area contributed by atoms with Crippen LogP contribution < -0.4 is 14.5 Å². The molecular formula is C25H35N3O2S2. The SMILES string of the molecule is CCCCC1(CC)CN(c2ccccc2)c2cc(N(C)C)c(CSCC(=O)O)cc2SN1. The fourth-order valence-corrected chi connectivity index (χ4v) is 5.94. The Hall–Kier alpha value is -1.83. The van der Waals surface area contributed by atoms with Gasteiger partial charge in [-0.15, -0.1) is 11.8 Å². The minimum Gasteiger partial charge on any atom is -0.481 e. The first-order valence-corrected chi connectivity index (χ1v) is 13.3. The number of aliphatic carboxylic acids is 1. The fraction of sp³-hybridized carbons (Fsp3) is 0.480. The van der Waals surface area contributed by atoms with Gasteiger partial charge in [-0.25, -0.2) is 0 Å². The van der Waals surface area contributed by atoms with Crippen molar-refractivity contribution in [2.75, 3.05) is 36.2 Å². The number of carbonyl (C=O) groups is 1. The van der Waals surface area contributed by atoms with Gasteiger partial charge in [0.15, 0.2) is 0 Å². The van der Waals surface area contributed by atoms with E-state index in [0.717, 1.165) is 25.1 Å². The largest absolute Gasteiger partial charge is 0.481 e. The van der Waals surface area contributed by atoms with Crippen LogP contribution in [0.1, 0.15) is 45.1 Å². The minimum absolute atomic E-state index is 0.0199. The highest BCUT2D eigenvalue weighted by Crippen LogP contribution is 2.44. The summed E-state index contributed by atoms with van der Waals surface area (Å²) >= 11 is 3.17. The van der Waals surface area contributed by atoms with E-state index < -0.39 is 5.97 Å². The van der Waals surface area contributed by atoms with Crippen LogP contribution in [0.3, 0.4) is 0 Å². The van der Waals surface area contributed by atoms with E-state index in [9.17, 15) is 4.79 Å². The van der Waals surface area contributed by atoms with Crippen molar-refractivity contribution >= 4 is 46.7 Å². The number of hydrogen-bond donors (Lipinski definition) is 2. The number of benzene rings is 2. The molecule has 0 saturated carbocycles. The van der Waals surface area contributed by atoms with Crippen molar-refractivity contribution < 1.29 is 9.90 Å². The Balaban J connectivity index is 2.07. The van der Waals surface area contributed by atoms with Crippen molar-refractivity contribution in [2.24, 2.45) is 0 Å². The molecule has 0 aliphatic carbocycles. The van der Waals surface area contributed by atoms with Crippen molar-refractivity contribution in [3.63, 3.8) is 0 Å². The lowest BCUT2D eigenvalue weighted by molar-refractivity contribution is -0.133. The van der Waals surface area contributed by atoms with Crippen molar-refractivity contribution in [3.8, 4) is 0 Å². The van der Waals surface area contributed by atoms with Gasteiger partial charge in [0.1, 0.15) is 0 Å². The number of fused-ring (bicyclic) bond motifs is 1. The second-order valence-electron chi connectivity index (χ2n) is 8.59. The zero-order chi connectivity index (χ0) is 23.1. The number of hydrogen-bond acceptors (Lipinski definition) is 6. The van der Waals surface area contributed by atoms with Gasteiger partial charge in [-0.3, -0.25) is 9.52 Å². The van der Waals surface area contributed by atoms with Crippen LogP contribution in [0.4, 0.5) is 17.1 Å². The molecule has 7 heteroatoms. The quantitative estimate of drug-likeness (QED) is 0.401. The standard InChI is InChI=1S/C25H35N3O2S2/c1-5-7-13-25(6-2)18-28(20-11-9-8-10-12-20)22-15-21(27(3)4)19(14-23(22)32-26-25)16-31-17-24(29)30/h8-12,14-15,26H,5-7,13,16-18H2,1-4H3,(H,29,30). The van der Waals surface area contributed by atoms with E-state index in [4.69, 9.17) is 5.11 Å². The molecule has 1 unspecified atom stereocenters. The lowest BCUT2D eigenvalue weighted by atomic mass is 9.89. The number of carboxylic acids is 1. The molecule has 32 heavy (non-hydrogen) atoms. The van der Waals surface area contributed by atoms with Gasteiger partial charge < -0.3 is 14.9 Å². The molecule has 0 aromatic heterocycles. The number of para-hydroxylation sites is 1. The summed E-state index contributed by atoms with van der Waals surface area (Å²) in [6.45, 7) is 5.44. The Morgan fingerprint density at radius 2 is 2.00 bits per heavy atom. The summed E-state index contributed by atoms with van der Waals surface area (Å²) in [5.41, 5.74) is 4.73. The normalized spacial score (nSPS) is 18.2. The molecule has 3 rings (SSSR count). The number of nitrogens with zero attached hydrogens (tertiary/aromatic N) is 2. The molecule has 0 fully saturated rings. The van der Waals surface area contributed by atoms with Crippen LogP contribution in [-0.4, -0.2) is 43.0 Å². The molecule has 1 atom stereocenters. The summed E-state index contributed by atoms with van der Waals surface area (Å²) in [4.78, 5) is 16.8. The number of unbranched alkanes of at least 4 members (excludes halogenated alkanes) is 1. The first-order valence-electron chi connectivity index (χ1n) is 11.3. The molecule has 5 nitrogen and oxygen atoms in total. The van der Waals surface area contributed by atoms with E-state index in [1.54, 1.807) is 11.9 Å². The van der Waals surface area contributed by atoms with E-state index in [2.05, 4.69) is 84.9 Å². The zero-order valence-corrected chi connectivity index (χ0v) is 21.2. The molecule has 1 aliphatic rings. The van der Waals surface area contributed by atoms with Crippen LogP contribution in [0, 0.1) is 0 Å². The number of carboxylic acid groups (broad SMARTS) is 1. The van der Waals surface area contributed by atoms with Gasteiger partial charge in [0.2, 0.25) is 0 Å². The third kappa shape index (κ3) is 5.94. The number of anilines is 3. The van der Waals surface area contributed by atoms with E-state index in [1.165, 1.54) is 46.4 Å². The molecule has 0 radical (unpaired) electrons. The molecule has 174 valence electrons. The molecule has 1 heterocycles. The Morgan fingerprint density at radius 3 is 2.62 bits per heavy atom. The van der Waals surface area contributed by atoms with Crippen LogP contribution in [0.5, 0.6) is 0 Å². The zero-order valence-electron chi connectivity index (χ0n) is 19.6. The third-order valence-electron chi connectivity index (χ3n) is 6.01. The molecule has 0 bridgehead atoms. The van der Waals surface area contributed by atoms with Crippen LogP contribution in [-0.2, 0) is 10.5 Å². The van der Waals surface area contributed by atoms with Gasteiger partial charge in [-0.1, -0.05) is 44.9 Å². The summed E-state index contributed by atoms with van der Waals surface area (Å²) in [6.07, 6.45) is 4.56. The maximum Gasteiger partial charge on any atom is 0.313 e. The van der Waals surface area contributed by atoms with Gasteiger partial charge in [-0.2, -0.15) is 0 Å². The highest BCUT2D eigenvalue weighted by molar-refractivity contribution is 7.99. The summed E-state index contributed by atoms with van der Waals surface area (Å²) in [6, 6.07) is 15.2. The second kappa shape index (κ2) is 11.3. The molecular weight excluding hydrogens is 438 g/mol. The van der Waals surface area contributed by atoms with Crippen LogP contribution in [0.25, 0.3) is 0 Å². The van der Waals surface area contributed by atoms with Crippen molar-refractivity contribution in [1.29, 1.82) is 0 Å². The fourth-order valence-electron chi connectivity index (χ4n) is 4.10. The molecule has 2 aromatic carbocycles. The van der Waals surface area contributed by atoms with Crippen LogP contribution >= 0.6 is 23.7 Å². The monoisotopic (exact) mass is 473 g/mol. The van der Waals surface area contributed by atoms with Crippen molar-refractivity contribution in [2.45, 2.75) is 55.7 Å². The average molecular weight is 474 g/mol. The maximum atomic E-state index is 11.0. The molecule has 0 spiro atoms. The molecule has 0 saturated heterocycles. The highest BCUT2D eigenvalue weighted by Gasteiger charge is 2.35. The van der Waals surface area contributed by atoms with E-state index in [0.29, 0.717) is 5.75 Å². The second-order valence-corrected chi connectivity index (χ2v) is 10.4. The van der Waals surface area contributed by atoms with E-state index in [1.807, 2.05) is 0 Å². The molecule has 2 N–H and O–H groups in total. The summed E-state index contributed by atoms with van der Waals surface area (Å²) < 4.78 is 3.85. The number of rotatable bonds is 10. The summed E-state index contributed by atoms with van der Waals surface area (Å²) in [7, 11) is 4.11. The lowest BCUT2D eigenvalue weighted by Crippen LogP contribution is -2.48. The van der Waals surface area contributed by atoms with E-state index in [-0.39, 0.29) is 11.3 Å². The van der Waals surface area contributed by atoms with Gasteiger partial charge in [0.05, 0.1) is 11.4 Å². The highest BCUT2D eigenvalue weighted by atomic mass is 32.2. The van der Waals surface area contributed by atoms with Gasteiger partial charge >= 0.3 is 5.97 Å². The van der Waals surface area contributed by atoms with Gasteiger partial charge in [0, 0.05) is 48.2 Å². The molecule has 0 amide bonds. The summed E-state index contributed by atoms with van der Waals surface area (Å²) in [5, 5.41) is 9.06. The maximum absolute atomic E-state index is 11.0. The Bertz CT molecular complexity index is 908. The number of thioether (sulfide) groups is 1. The van der Waals surface area contributed by atoms with Gasteiger partial charge in [-0.05, 0) is 54.6 Å². The van der Waals surface area contributed by atoms with E-state index >= 15 is 0 Å². The van der Waals surface area contributed by atoms with Gasteiger partial charge in [0.25, 0.3) is 0 Å². The van der Waals surface area contributed by atoms with Crippen LogP contribution in [0.2, 0.25) is 0 Å².